The largest absolute Gasteiger partial charge is 0.299 e. The van der Waals surface area contributed by atoms with Crippen molar-refractivity contribution in [2.24, 2.45) is 16.7 Å². The lowest BCUT2D eigenvalue weighted by Crippen LogP contribution is -2.52. The molecule has 1 saturated carbocycles. The van der Waals surface area contributed by atoms with Crippen LogP contribution in [0.4, 0.5) is 0 Å². The number of rotatable bonds is 5. The van der Waals surface area contributed by atoms with Crippen LogP contribution in [-0.2, 0) is 33.6 Å². The van der Waals surface area contributed by atoms with Crippen molar-refractivity contribution in [2.75, 3.05) is 0 Å². The lowest BCUT2D eigenvalue weighted by atomic mass is 9.67. The summed E-state index contributed by atoms with van der Waals surface area (Å²) in [5.41, 5.74) is -5.35. The van der Waals surface area contributed by atoms with E-state index in [9.17, 15) is 33.6 Å². The van der Waals surface area contributed by atoms with Gasteiger partial charge in [-0.25, -0.2) is 0 Å². The summed E-state index contributed by atoms with van der Waals surface area (Å²) in [6.07, 6.45) is 0. The zero-order chi connectivity index (χ0) is 17.6. The summed E-state index contributed by atoms with van der Waals surface area (Å²) in [5.74, 6) is -9.77. The molecule has 0 amide bonds. The van der Waals surface area contributed by atoms with Gasteiger partial charge in [0, 0.05) is 0 Å². The lowest BCUT2D eigenvalue weighted by molar-refractivity contribution is -0.154. The molecule has 118 valence electrons. The third-order valence-corrected chi connectivity index (χ3v) is 4.34. The first-order valence-electron chi connectivity index (χ1n) is 6.54. The van der Waals surface area contributed by atoms with E-state index in [0.29, 0.717) is 0 Å². The zero-order valence-corrected chi connectivity index (χ0v) is 12.9. The van der Waals surface area contributed by atoms with Gasteiger partial charge in [-0.3, -0.25) is 33.6 Å². The number of carbonyl (C=O) groups is 7. The second-order valence-electron chi connectivity index (χ2n) is 5.52. The Balaban J connectivity index is 4.00. The van der Waals surface area contributed by atoms with Gasteiger partial charge in [0.15, 0.2) is 40.1 Å². The van der Waals surface area contributed by atoms with Crippen LogP contribution in [0.15, 0.2) is 0 Å². The molecule has 1 aliphatic rings. The molecule has 0 spiro atoms. The van der Waals surface area contributed by atoms with E-state index < -0.39 is 57.2 Å². The number of Topliss-reactive ketones (excluding diaryl/α,β-unsaturated/α-hetero) is 7. The maximum Gasteiger partial charge on any atom is 0.205 e. The molecule has 0 saturated heterocycles. The normalized spacial score (nSPS) is 22.3. The summed E-state index contributed by atoms with van der Waals surface area (Å²) in [7, 11) is 0. The van der Waals surface area contributed by atoms with Gasteiger partial charge in [-0.15, -0.1) is 0 Å². The molecule has 0 aliphatic heterocycles. The van der Waals surface area contributed by atoms with E-state index in [-0.39, 0.29) is 0 Å². The van der Waals surface area contributed by atoms with Gasteiger partial charge in [0.2, 0.25) is 5.41 Å². The van der Waals surface area contributed by atoms with Gasteiger partial charge in [0.1, 0.15) is 11.7 Å². The van der Waals surface area contributed by atoms with Crippen molar-refractivity contribution in [1.82, 2.24) is 0 Å². The van der Waals surface area contributed by atoms with Gasteiger partial charge in [0.05, 0.1) is 0 Å². The highest BCUT2D eigenvalue weighted by atomic mass is 16.2. The fraction of sp³-hybridized carbons (Fsp3) is 0.533. The summed E-state index contributed by atoms with van der Waals surface area (Å²) in [4.78, 5) is 85.2. The molecule has 0 bridgehead atoms. The molecule has 1 unspecified atom stereocenters. The van der Waals surface area contributed by atoms with Crippen LogP contribution < -0.4 is 0 Å². The van der Waals surface area contributed by atoms with E-state index >= 15 is 0 Å². The molecule has 0 aromatic rings. The molecule has 0 aromatic carbocycles. The molecule has 1 atom stereocenters. The third-order valence-electron chi connectivity index (χ3n) is 4.34. The molecule has 1 aliphatic carbocycles. The Bertz CT molecular complexity index is 625. The van der Waals surface area contributed by atoms with E-state index in [2.05, 4.69) is 0 Å². The Morgan fingerprint density at radius 2 is 1.09 bits per heavy atom. The highest BCUT2D eigenvalue weighted by Gasteiger charge is 2.76. The van der Waals surface area contributed by atoms with Crippen molar-refractivity contribution < 1.29 is 33.6 Å². The van der Waals surface area contributed by atoms with Crippen LogP contribution >= 0.6 is 0 Å². The predicted octanol–water partition coefficient (Wildman–Crippen LogP) is -0.328. The third kappa shape index (κ3) is 1.71. The summed E-state index contributed by atoms with van der Waals surface area (Å²) in [5, 5.41) is 0. The molecule has 1 fully saturated rings. The smallest absolute Gasteiger partial charge is 0.205 e. The van der Waals surface area contributed by atoms with Gasteiger partial charge < -0.3 is 0 Å². The summed E-state index contributed by atoms with van der Waals surface area (Å²) < 4.78 is 0. The fourth-order valence-electron chi connectivity index (χ4n) is 3.33. The summed E-state index contributed by atoms with van der Waals surface area (Å²) in [6.45, 7) is 4.42. The first-order chi connectivity index (χ1) is 9.90. The minimum atomic E-state index is -2.76. The average molecular weight is 308 g/mol. The molecule has 0 radical (unpaired) electrons. The fourth-order valence-corrected chi connectivity index (χ4v) is 3.33. The molecule has 22 heavy (non-hydrogen) atoms. The zero-order valence-electron chi connectivity index (χ0n) is 12.9. The molecular weight excluding hydrogens is 292 g/mol. The van der Waals surface area contributed by atoms with E-state index in [4.69, 9.17) is 0 Å². The monoisotopic (exact) mass is 308 g/mol. The SMILES string of the molecule is CC(=O)C1C(=O)C(C(C)=O)(C(C)=O)C(=O)C1(C(C)=O)C(C)=O. The van der Waals surface area contributed by atoms with Gasteiger partial charge in [-0.1, -0.05) is 0 Å². The minimum Gasteiger partial charge on any atom is -0.299 e. The predicted molar refractivity (Wildman–Crippen MR) is 71.8 cm³/mol. The maximum absolute atomic E-state index is 12.8. The van der Waals surface area contributed by atoms with Gasteiger partial charge in [-0.05, 0) is 34.6 Å². The highest BCUT2D eigenvalue weighted by molar-refractivity contribution is 6.52. The van der Waals surface area contributed by atoms with Crippen LogP contribution in [0.25, 0.3) is 0 Å². The highest BCUT2D eigenvalue weighted by Crippen LogP contribution is 2.50. The van der Waals surface area contributed by atoms with Crippen LogP contribution in [0, 0.1) is 16.7 Å². The molecule has 0 aromatic heterocycles. The lowest BCUT2D eigenvalue weighted by Gasteiger charge is -2.26. The summed E-state index contributed by atoms with van der Waals surface area (Å²) >= 11 is 0. The Kier molecular flexibility index (Phi) is 4.16. The van der Waals surface area contributed by atoms with Crippen LogP contribution in [0.5, 0.6) is 0 Å². The van der Waals surface area contributed by atoms with Gasteiger partial charge in [-0.2, -0.15) is 0 Å². The van der Waals surface area contributed by atoms with Crippen LogP contribution in [0.1, 0.15) is 34.6 Å². The maximum atomic E-state index is 12.8. The second-order valence-corrected chi connectivity index (χ2v) is 5.52. The van der Waals surface area contributed by atoms with E-state index in [1.165, 1.54) is 0 Å². The van der Waals surface area contributed by atoms with Crippen LogP contribution in [0.3, 0.4) is 0 Å². The summed E-state index contributed by atoms with van der Waals surface area (Å²) in [6, 6.07) is 0. The quantitative estimate of drug-likeness (QED) is 0.638. The van der Waals surface area contributed by atoms with Crippen molar-refractivity contribution >= 4 is 40.5 Å². The van der Waals surface area contributed by atoms with Crippen molar-refractivity contribution in [1.29, 1.82) is 0 Å². The average Bonchev–Trinajstić information content (AvgIpc) is 2.55. The van der Waals surface area contributed by atoms with E-state index in [1.54, 1.807) is 0 Å². The van der Waals surface area contributed by atoms with E-state index in [0.717, 1.165) is 34.6 Å². The van der Waals surface area contributed by atoms with Crippen LogP contribution in [-0.4, -0.2) is 40.5 Å². The van der Waals surface area contributed by atoms with Crippen molar-refractivity contribution in [3.63, 3.8) is 0 Å². The molecule has 7 nitrogen and oxygen atoms in total. The number of carbonyl (C=O) groups excluding carboxylic acids is 7. The Morgan fingerprint density at radius 3 is 1.27 bits per heavy atom. The van der Waals surface area contributed by atoms with Gasteiger partial charge in [0.25, 0.3) is 0 Å². The number of hydrogen-bond donors (Lipinski definition) is 0. The number of ketones is 7. The van der Waals surface area contributed by atoms with E-state index in [1.807, 2.05) is 0 Å². The second kappa shape index (κ2) is 5.15. The molecule has 1 rings (SSSR count). The minimum absolute atomic E-state index is 0.852. The van der Waals surface area contributed by atoms with Crippen molar-refractivity contribution in [3.8, 4) is 0 Å². The standard InChI is InChI=1S/C15H16O7/c1-6(16)11-12(21)15(9(4)19,10(5)20)13(22)14(11,7(2)17)8(3)18/h11H,1-5H3. The Morgan fingerprint density at radius 1 is 0.727 bits per heavy atom. The Hall–Kier alpha value is -2.31. The number of hydrogen-bond acceptors (Lipinski definition) is 7. The molecule has 0 N–H and O–H groups in total. The first kappa shape index (κ1) is 17.7. The van der Waals surface area contributed by atoms with Gasteiger partial charge >= 0.3 is 0 Å². The van der Waals surface area contributed by atoms with Crippen molar-refractivity contribution in [2.45, 2.75) is 34.6 Å². The Labute approximate surface area is 126 Å². The molecule has 0 heterocycles. The first-order valence-corrected chi connectivity index (χ1v) is 6.54. The van der Waals surface area contributed by atoms with Crippen molar-refractivity contribution in [3.05, 3.63) is 0 Å². The topological polar surface area (TPSA) is 119 Å². The molecule has 7 heteroatoms. The van der Waals surface area contributed by atoms with Crippen LogP contribution in [0.2, 0.25) is 0 Å². The molecular formula is C15H16O7.